The van der Waals surface area contributed by atoms with Crippen LogP contribution in [-0.2, 0) is 0 Å². The zero-order valence-corrected chi connectivity index (χ0v) is 12.8. The number of hydrogen-bond acceptors (Lipinski definition) is 3. The number of furan rings is 1. The first-order valence-electron chi connectivity index (χ1n) is 6.95. The second-order valence-electron chi connectivity index (χ2n) is 5.02. The van der Waals surface area contributed by atoms with Gasteiger partial charge in [0.2, 0.25) is 0 Å². The molecular formula is C16H19N3O3. The second-order valence-corrected chi connectivity index (χ2v) is 5.02. The van der Waals surface area contributed by atoms with Crippen LogP contribution in [0.15, 0.2) is 41.0 Å². The third-order valence-electron chi connectivity index (χ3n) is 3.40. The number of carbonyl (C=O) groups excluding carboxylic acids is 2. The van der Waals surface area contributed by atoms with Gasteiger partial charge in [-0.15, -0.1) is 0 Å². The van der Waals surface area contributed by atoms with Crippen molar-refractivity contribution in [3.8, 4) is 0 Å². The number of carbonyl (C=O) groups is 2. The molecule has 0 unspecified atom stereocenters. The van der Waals surface area contributed by atoms with Crippen molar-refractivity contribution in [1.82, 2.24) is 16.2 Å². The average Bonchev–Trinajstić information content (AvgIpc) is 2.91. The van der Waals surface area contributed by atoms with Crippen LogP contribution < -0.4 is 16.2 Å². The number of hydrogen-bond donors (Lipinski definition) is 3. The SMILES string of the molecule is Cc1ccccc1[C@H](C)NC(=O)NNC(=O)c1ccoc1C. The molecule has 22 heavy (non-hydrogen) atoms. The highest BCUT2D eigenvalue weighted by molar-refractivity contribution is 5.96. The van der Waals surface area contributed by atoms with Crippen LogP contribution in [0.3, 0.4) is 0 Å². The molecule has 3 N–H and O–H groups in total. The van der Waals surface area contributed by atoms with Crippen molar-refractivity contribution in [2.24, 2.45) is 0 Å². The molecule has 0 aliphatic heterocycles. The standard InChI is InChI=1S/C16H19N3O3/c1-10-6-4-5-7-13(10)11(2)17-16(21)19-18-15(20)14-8-9-22-12(14)3/h4-9,11H,1-3H3,(H,18,20)(H2,17,19,21)/t11-/m0/s1. The Labute approximate surface area is 128 Å². The molecule has 0 aliphatic rings. The van der Waals surface area contributed by atoms with Gasteiger partial charge in [-0.3, -0.25) is 10.2 Å². The first-order valence-corrected chi connectivity index (χ1v) is 6.95. The predicted octanol–water partition coefficient (Wildman–Crippen LogP) is 2.60. The Balaban J connectivity index is 1.87. The molecule has 6 nitrogen and oxygen atoms in total. The molecule has 116 valence electrons. The van der Waals surface area contributed by atoms with Crippen LogP contribution in [0, 0.1) is 13.8 Å². The highest BCUT2D eigenvalue weighted by atomic mass is 16.3. The molecule has 0 bridgehead atoms. The zero-order chi connectivity index (χ0) is 16.1. The maximum absolute atomic E-state index is 11.8. The number of urea groups is 1. The first-order chi connectivity index (χ1) is 10.5. The monoisotopic (exact) mass is 301 g/mol. The topological polar surface area (TPSA) is 83.4 Å². The number of benzene rings is 1. The summed E-state index contributed by atoms with van der Waals surface area (Å²) in [6, 6.07) is 8.68. The lowest BCUT2D eigenvalue weighted by atomic mass is 10.0. The summed E-state index contributed by atoms with van der Waals surface area (Å²) >= 11 is 0. The summed E-state index contributed by atoms with van der Waals surface area (Å²) in [5.41, 5.74) is 7.16. The van der Waals surface area contributed by atoms with Crippen LogP contribution in [0.1, 0.15) is 40.2 Å². The van der Waals surface area contributed by atoms with Crippen molar-refractivity contribution in [3.63, 3.8) is 0 Å². The Morgan fingerprint density at radius 3 is 2.45 bits per heavy atom. The summed E-state index contributed by atoms with van der Waals surface area (Å²) in [7, 11) is 0. The van der Waals surface area contributed by atoms with Gasteiger partial charge in [0.05, 0.1) is 17.9 Å². The summed E-state index contributed by atoms with van der Waals surface area (Å²) < 4.78 is 5.04. The van der Waals surface area contributed by atoms with Crippen LogP contribution in [0.5, 0.6) is 0 Å². The van der Waals surface area contributed by atoms with Gasteiger partial charge in [0.25, 0.3) is 5.91 Å². The number of hydrazine groups is 1. The predicted molar refractivity (Wildman–Crippen MR) is 82.2 cm³/mol. The molecule has 1 aromatic carbocycles. The molecule has 1 aromatic heterocycles. The maximum Gasteiger partial charge on any atom is 0.333 e. The van der Waals surface area contributed by atoms with Gasteiger partial charge in [0, 0.05) is 0 Å². The summed E-state index contributed by atoms with van der Waals surface area (Å²) in [4.78, 5) is 23.7. The van der Waals surface area contributed by atoms with Crippen molar-refractivity contribution in [3.05, 3.63) is 59.0 Å². The van der Waals surface area contributed by atoms with Gasteiger partial charge in [0.15, 0.2) is 0 Å². The molecule has 0 saturated carbocycles. The van der Waals surface area contributed by atoms with Gasteiger partial charge in [-0.05, 0) is 38.0 Å². The molecule has 2 rings (SSSR count). The van der Waals surface area contributed by atoms with E-state index >= 15 is 0 Å². The van der Waals surface area contributed by atoms with E-state index in [9.17, 15) is 9.59 Å². The highest BCUT2D eigenvalue weighted by Crippen LogP contribution is 2.16. The van der Waals surface area contributed by atoms with Crippen LogP contribution >= 0.6 is 0 Å². The molecule has 0 radical (unpaired) electrons. The minimum absolute atomic E-state index is 0.172. The molecule has 0 saturated heterocycles. The quantitative estimate of drug-likeness (QED) is 0.762. The van der Waals surface area contributed by atoms with E-state index in [-0.39, 0.29) is 6.04 Å². The van der Waals surface area contributed by atoms with E-state index in [1.165, 1.54) is 6.26 Å². The van der Waals surface area contributed by atoms with Gasteiger partial charge >= 0.3 is 6.03 Å². The summed E-state index contributed by atoms with van der Waals surface area (Å²) in [6.45, 7) is 5.54. The van der Waals surface area contributed by atoms with Gasteiger partial charge < -0.3 is 9.73 Å². The van der Waals surface area contributed by atoms with Crippen LogP contribution in [0.25, 0.3) is 0 Å². The van der Waals surface area contributed by atoms with Crippen molar-refractivity contribution in [2.75, 3.05) is 0 Å². The number of nitrogens with one attached hydrogen (secondary N) is 3. The van der Waals surface area contributed by atoms with Gasteiger partial charge in [0.1, 0.15) is 5.76 Å². The highest BCUT2D eigenvalue weighted by Gasteiger charge is 2.14. The van der Waals surface area contributed by atoms with Crippen LogP contribution in [0.4, 0.5) is 4.79 Å². The third kappa shape index (κ3) is 3.66. The minimum Gasteiger partial charge on any atom is -0.469 e. The normalized spacial score (nSPS) is 11.6. The lowest BCUT2D eigenvalue weighted by Crippen LogP contribution is -2.47. The van der Waals surface area contributed by atoms with Crippen molar-refractivity contribution in [1.29, 1.82) is 0 Å². The van der Waals surface area contributed by atoms with E-state index in [1.807, 2.05) is 38.1 Å². The largest absolute Gasteiger partial charge is 0.469 e. The van der Waals surface area contributed by atoms with E-state index in [1.54, 1.807) is 13.0 Å². The van der Waals surface area contributed by atoms with E-state index in [4.69, 9.17) is 4.42 Å². The van der Waals surface area contributed by atoms with E-state index in [2.05, 4.69) is 16.2 Å². The third-order valence-corrected chi connectivity index (χ3v) is 3.40. The summed E-state index contributed by atoms with van der Waals surface area (Å²) in [5, 5.41) is 2.76. The lowest BCUT2D eigenvalue weighted by Gasteiger charge is -2.17. The summed E-state index contributed by atoms with van der Waals surface area (Å²) in [5.74, 6) is 0.0675. The molecule has 0 spiro atoms. The zero-order valence-electron chi connectivity index (χ0n) is 12.8. The molecule has 3 amide bonds. The molecule has 1 heterocycles. The Bertz CT molecular complexity index is 679. The van der Waals surface area contributed by atoms with Gasteiger partial charge in [-0.25, -0.2) is 10.2 Å². The van der Waals surface area contributed by atoms with E-state index in [0.717, 1.165) is 11.1 Å². The molecular weight excluding hydrogens is 282 g/mol. The minimum atomic E-state index is -0.481. The number of amides is 3. The number of aryl methyl sites for hydroxylation is 2. The van der Waals surface area contributed by atoms with E-state index in [0.29, 0.717) is 11.3 Å². The van der Waals surface area contributed by atoms with Crippen molar-refractivity contribution >= 4 is 11.9 Å². The fourth-order valence-corrected chi connectivity index (χ4v) is 2.18. The van der Waals surface area contributed by atoms with E-state index < -0.39 is 11.9 Å². The van der Waals surface area contributed by atoms with Crippen molar-refractivity contribution in [2.45, 2.75) is 26.8 Å². The van der Waals surface area contributed by atoms with Gasteiger partial charge in [-0.1, -0.05) is 24.3 Å². The fourth-order valence-electron chi connectivity index (χ4n) is 2.18. The van der Waals surface area contributed by atoms with Crippen LogP contribution in [0.2, 0.25) is 0 Å². The molecule has 1 atom stereocenters. The molecule has 0 fully saturated rings. The number of rotatable bonds is 3. The van der Waals surface area contributed by atoms with Crippen LogP contribution in [-0.4, -0.2) is 11.9 Å². The smallest absolute Gasteiger partial charge is 0.333 e. The lowest BCUT2D eigenvalue weighted by molar-refractivity contribution is 0.0934. The molecule has 6 heteroatoms. The maximum atomic E-state index is 11.8. The van der Waals surface area contributed by atoms with Gasteiger partial charge in [-0.2, -0.15) is 0 Å². The Morgan fingerprint density at radius 1 is 1.09 bits per heavy atom. The Hall–Kier alpha value is -2.76. The molecule has 2 aromatic rings. The Morgan fingerprint density at radius 2 is 1.82 bits per heavy atom. The Kier molecular flexibility index (Phi) is 4.83. The molecule has 0 aliphatic carbocycles. The average molecular weight is 301 g/mol. The second kappa shape index (κ2) is 6.80. The first kappa shape index (κ1) is 15.6. The van der Waals surface area contributed by atoms with Crippen molar-refractivity contribution < 1.29 is 14.0 Å². The summed E-state index contributed by atoms with van der Waals surface area (Å²) in [6.07, 6.45) is 1.42. The fraction of sp³-hybridized carbons (Fsp3) is 0.250.